The Morgan fingerprint density at radius 3 is 2.68 bits per heavy atom. The summed E-state index contributed by atoms with van der Waals surface area (Å²) in [6.07, 6.45) is 0. The van der Waals surface area contributed by atoms with Gasteiger partial charge in [-0.2, -0.15) is 0 Å². The van der Waals surface area contributed by atoms with Gasteiger partial charge in [0.2, 0.25) is 0 Å². The Labute approximate surface area is 155 Å². The molecule has 0 fully saturated rings. The predicted molar refractivity (Wildman–Crippen MR) is 101 cm³/mol. The molecule has 0 unspecified atom stereocenters. The van der Waals surface area contributed by atoms with Gasteiger partial charge in [0, 0.05) is 17.8 Å². The van der Waals surface area contributed by atoms with Crippen LogP contribution in [0.25, 0.3) is 11.4 Å². The fourth-order valence-corrected chi connectivity index (χ4v) is 3.47. The zero-order valence-electron chi connectivity index (χ0n) is 14.2. The van der Waals surface area contributed by atoms with E-state index in [0.717, 1.165) is 27.8 Å². The molecule has 0 saturated carbocycles. The minimum absolute atomic E-state index is 0.629. The van der Waals surface area contributed by atoms with Gasteiger partial charge in [0.25, 0.3) is 0 Å². The Morgan fingerprint density at radius 1 is 1.08 bits per heavy atom. The van der Waals surface area contributed by atoms with Gasteiger partial charge in [-0.3, -0.25) is 0 Å². The molecule has 0 aliphatic rings. The normalized spacial score (nSPS) is 10.7. The Kier molecular flexibility index (Phi) is 5.50. The van der Waals surface area contributed by atoms with Gasteiger partial charge in [-0.1, -0.05) is 35.5 Å². The van der Waals surface area contributed by atoms with Crippen molar-refractivity contribution in [1.29, 1.82) is 0 Å². The maximum atomic E-state index is 6.12. The minimum atomic E-state index is 0.629. The first-order chi connectivity index (χ1) is 12.1. The third-order valence-corrected chi connectivity index (χ3v) is 5.07. The van der Waals surface area contributed by atoms with Crippen LogP contribution in [-0.2, 0) is 12.8 Å². The Bertz CT molecular complexity index is 883. The van der Waals surface area contributed by atoms with E-state index < -0.39 is 0 Å². The smallest absolute Gasteiger partial charge is 0.191 e. The van der Waals surface area contributed by atoms with E-state index >= 15 is 0 Å². The summed E-state index contributed by atoms with van der Waals surface area (Å²) in [5.41, 5.74) is 1.98. The number of benzene rings is 2. The fraction of sp³-hybridized carbons (Fsp3) is 0.222. The SMILES string of the molecule is COc1cccc(CSc2nnc(-c3cc(Cl)ccc3OC)n2C)c1. The Balaban J connectivity index is 1.83. The molecule has 130 valence electrons. The fourth-order valence-electron chi connectivity index (χ4n) is 2.44. The number of ether oxygens (including phenoxy) is 2. The molecule has 25 heavy (non-hydrogen) atoms. The van der Waals surface area contributed by atoms with Crippen molar-refractivity contribution in [3.05, 3.63) is 53.1 Å². The summed E-state index contributed by atoms with van der Waals surface area (Å²) >= 11 is 7.74. The third-order valence-electron chi connectivity index (χ3n) is 3.74. The van der Waals surface area contributed by atoms with Crippen LogP contribution in [-0.4, -0.2) is 29.0 Å². The van der Waals surface area contributed by atoms with Crippen molar-refractivity contribution in [2.24, 2.45) is 7.05 Å². The summed E-state index contributed by atoms with van der Waals surface area (Å²) in [4.78, 5) is 0. The van der Waals surface area contributed by atoms with Crippen LogP contribution in [0.2, 0.25) is 5.02 Å². The molecule has 0 aliphatic heterocycles. The van der Waals surface area contributed by atoms with Crippen LogP contribution >= 0.6 is 23.4 Å². The van der Waals surface area contributed by atoms with E-state index in [4.69, 9.17) is 21.1 Å². The van der Waals surface area contributed by atoms with Gasteiger partial charge in [-0.25, -0.2) is 0 Å². The lowest BCUT2D eigenvalue weighted by molar-refractivity contribution is 0.414. The number of rotatable bonds is 6. The van der Waals surface area contributed by atoms with Crippen LogP contribution in [0.15, 0.2) is 47.6 Å². The second-order valence-corrected chi connectivity index (χ2v) is 6.73. The zero-order valence-corrected chi connectivity index (χ0v) is 15.8. The molecule has 3 aromatic rings. The first-order valence-corrected chi connectivity index (χ1v) is 8.97. The number of hydrogen-bond donors (Lipinski definition) is 0. The maximum Gasteiger partial charge on any atom is 0.191 e. The molecular formula is C18H18ClN3O2S. The van der Waals surface area contributed by atoms with Crippen molar-refractivity contribution in [3.8, 4) is 22.9 Å². The molecule has 0 atom stereocenters. The molecule has 1 heterocycles. The summed E-state index contributed by atoms with van der Waals surface area (Å²) in [5.74, 6) is 3.05. The quantitative estimate of drug-likeness (QED) is 0.596. The molecule has 3 rings (SSSR count). The van der Waals surface area contributed by atoms with Crippen LogP contribution in [0.1, 0.15) is 5.56 Å². The Hall–Kier alpha value is -2.18. The summed E-state index contributed by atoms with van der Waals surface area (Å²) in [7, 11) is 5.23. The molecule has 1 aromatic heterocycles. The number of methoxy groups -OCH3 is 2. The highest BCUT2D eigenvalue weighted by molar-refractivity contribution is 7.98. The first kappa shape index (κ1) is 17.6. The third kappa shape index (κ3) is 3.91. The van der Waals surface area contributed by atoms with Gasteiger partial charge in [0.05, 0.1) is 19.8 Å². The number of hydrogen-bond acceptors (Lipinski definition) is 5. The molecule has 0 amide bonds. The van der Waals surface area contributed by atoms with Crippen molar-refractivity contribution >= 4 is 23.4 Å². The van der Waals surface area contributed by atoms with E-state index in [2.05, 4.69) is 16.3 Å². The second kappa shape index (κ2) is 7.80. The lowest BCUT2D eigenvalue weighted by Crippen LogP contribution is -1.97. The number of aromatic nitrogens is 3. The van der Waals surface area contributed by atoms with E-state index in [0.29, 0.717) is 16.6 Å². The monoisotopic (exact) mass is 375 g/mol. The highest BCUT2D eigenvalue weighted by Crippen LogP contribution is 2.33. The zero-order chi connectivity index (χ0) is 17.8. The van der Waals surface area contributed by atoms with E-state index in [1.165, 1.54) is 0 Å². The highest BCUT2D eigenvalue weighted by Gasteiger charge is 2.16. The molecule has 0 spiro atoms. The van der Waals surface area contributed by atoms with E-state index in [9.17, 15) is 0 Å². The molecule has 0 radical (unpaired) electrons. The summed E-state index contributed by atoms with van der Waals surface area (Å²) < 4.78 is 12.6. The first-order valence-electron chi connectivity index (χ1n) is 7.61. The average molecular weight is 376 g/mol. The van der Waals surface area contributed by atoms with Crippen LogP contribution in [0.3, 0.4) is 0 Å². The van der Waals surface area contributed by atoms with Crippen molar-refractivity contribution in [2.75, 3.05) is 14.2 Å². The van der Waals surface area contributed by atoms with Gasteiger partial charge in [-0.15, -0.1) is 10.2 Å². The summed E-state index contributed by atoms with van der Waals surface area (Å²) in [6.45, 7) is 0. The van der Waals surface area contributed by atoms with Crippen molar-refractivity contribution in [1.82, 2.24) is 14.8 Å². The number of halogens is 1. The second-order valence-electron chi connectivity index (χ2n) is 5.35. The number of thioether (sulfide) groups is 1. The molecule has 7 heteroatoms. The van der Waals surface area contributed by atoms with Gasteiger partial charge in [-0.05, 0) is 35.9 Å². The van der Waals surface area contributed by atoms with Crippen LogP contribution in [0, 0.1) is 0 Å². The topological polar surface area (TPSA) is 49.2 Å². The van der Waals surface area contributed by atoms with Gasteiger partial charge in [0.15, 0.2) is 11.0 Å². The lowest BCUT2D eigenvalue weighted by atomic mass is 10.2. The minimum Gasteiger partial charge on any atom is -0.497 e. The number of nitrogens with zero attached hydrogens (tertiary/aromatic N) is 3. The molecular weight excluding hydrogens is 358 g/mol. The van der Waals surface area contributed by atoms with Gasteiger partial charge >= 0.3 is 0 Å². The average Bonchev–Trinajstić information content (AvgIpc) is 3.00. The van der Waals surface area contributed by atoms with Crippen molar-refractivity contribution in [3.63, 3.8) is 0 Å². The Morgan fingerprint density at radius 2 is 1.92 bits per heavy atom. The van der Waals surface area contributed by atoms with Crippen LogP contribution < -0.4 is 9.47 Å². The molecule has 0 saturated heterocycles. The predicted octanol–water partition coefficient (Wildman–Crippen LogP) is 4.45. The van der Waals surface area contributed by atoms with Crippen LogP contribution in [0.5, 0.6) is 11.5 Å². The lowest BCUT2D eigenvalue weighted by Gasteiger charge is -2.09. The van der Waals surface area contributed by atoms with Gasteiger partial charge in [0.1, 0.15) is 11.5 Å². The van der Waals surface area contributed by atoms with E-state index in [-0.39, 0.29) is 0 Å². The highest BCUT2D eigenvalue weighted by atomic mass is 35.5. The largest absolute Gasteiger partial charge is 0.497 e. The molecule has 5 nitrogen and oxygen atoms in total. The van der Waals surface area contributed by atoms with Gasteiger partial charge < -0.3 is 14.0 Å². The van der Waals surface area contributed by atoms with Crippen LogP contribution in [0.4, 0.5) is 0 Å². The molecule has 0 aliphatic carbocycles. The summed E-state index contributed by atoms with van der Waals surface area (Å²) in [5, 5.41) is 10.1. The van der Waals surface area contributed by atoms with Crippen molar-refractivity contribution in [2.45, 2.75) is 10.9 Å². The summed E-state index contributed by atoms with van der Waals surface area (Å²) in [6, 6.07) is 13.4. The maximum absolute atomic E-state index is 6.12. The molecule has 0 bridgehead atoms. The standard InChI is InChI=1S/C18H18ClN3O2S/c1-22-17(15-10-13(19)7-8-16(15)24-3)20-21-18(22)25-11-12-5-4-6-14(9-12)23-2/h4-10H,11H2,1-3H3. The van der Waals surface area contributed by atoms with E-state index in [1.807, 2.05) is 41.9 Å². The van der Waals surface area contributed by atoms with E-state index in [1.54, 1.807) is 32.0 Å². The molecule has 0 N–H and O–H groups in total. The van der Waals surface area contributed by atoms with Crippen molar-refractivity contribution < 1.29 is 9.47 Å². The molecule has 2 aromatic carbocycles.